The van der Waals surface area contributed by atoms with Crippen molar-refractivity contribution < 1.29 is 4.74 Å². The predicted molar refractivity (Wildman–Crippen MR) is 122 cm³/mol. The van der Waals surface area contributed by atoms with E-state index in [0.717, 1.165) is 16.9 Å². The third kappa shape index (κ3) is 4.97. The van der Waals surface area contributed by atoms with E-state index in [2.05, 4.69) is 47.6 Å². The highest BCUT2D eigenvalue weighted by atomic mass is 79.9. The van der Waals surface area contributed by atoms with Crippen LogP contribution in [0.4, 0.5) is 0 Å². The molecule has 0 aliphatic heterocycles. The molecule has 7 heteroatoms. The molecule has 0 bridgehead atoms. The predicted octanol–water partition coefficient (Wildman–Crippen LogP) is 4.27. The lowest BCUT2D eigenvalue weighted by atomic mass is 9.98. The number of H-pyrrole nitrogens is 1. The van der Waals surface area contributed by atoms with Gasteiger partial charge in [-0.05, 0) is 56.0 Å². The zero-order chi connectivity index (χ0) is 20.8. The van der Waals surface area contributed by atoms with Gasteiger partial charge in [0.1, 0.15) is 5.75 Å². The second-order valence-electron chi connectivity index (χ2n) is 6.05. The topological polar surface area (TPSA) is 64.1 Å². The van der Waals surface area contributed by atoms with E-state index >= 15 is 0 Å². The van der Waals surface area contributed by atoms with Crippen LogP contribution in [0.25, 0.3) is 6.08 Å². The van der Waals surface area contributed by atoms with Crippen molar-refractivity contribution in [1.82, 2.24) is 9.55 Å². The summed E-state index contributed by atoms with van der Waals surface area (Å²) in [5.41, 5.74) is 1.10. The van der Waals surface area contributed by atoms with E-state index in [9.17, 15) is 9.59 Å². The van der Waals surface area contributed by atoms with Gasteiger partial charge in [0.25, 0.3) is 5.56 Å². The fraction of sp³-hybridized carbons (Fsp3) is 0.0909. The molecule has 1 atom stereocenters. The summed E-state index contributed by atoms with van der Waals surface area (Å²) in [5.74, 6) is 3.47. The van der Waals surface area contributed by atoms with Gasteiger partial charge in [0.2, 0.25) is 0 Å². The fourth-order valence-electron chi connectivity index (χ4n) is 2.95. The molecule has 0 fully saturated rings. The van der Waals surface area contributed by atoms with Crippen molar-refractivity contribution in [1.29, 1.82) is 0 Å². The van der Waals surface area contributed by atoms with Crippen LogP contribution in [0.3, 0.4) is 0 Å². The van der Waals surface area contributed by atoms with Crippen molar-refractivity contribution in [3.63, 3.8) is 0 Å². The van der Waals surface area contributed by atoms with Crippen LogP contribution in [0, 0.1) is 10.8 Å². The Bertz CT molecular complexity index is 1200. The van der Waals surface area contributed by atoms with E-state index in [1.165, 1.54) is 4.57 Å². The summed E-state index contributed by atoms with van der Waals surface area (Å²) in [6.45, 7) is 0. The highest BCUT2D eigenvalue weighted by Crippen LogP contribution is 2.27. The van der Waals surface area contributed by atoms with Crippen LogP contribution >= 0.6 is 31.9 Å². The largest absolute Gasteiger partial charge is 0.497 e. The van der Waals surface area contributed by atoms with Crippen molar-refractivity contribution in [2.24, 2.45) is 0 Å². The second kappa shape index (κ2) is 9.59. The molecular weight excluding hydrogens is 500 g/mol. The number of allylic oxidation sites excluding steroid dienone is 1. The van der Waals surface area contributed by atoms with Crippen molar-refractivity contribution in [3.05, 3.63) is 103 Å². The summed E-state index contributed by atoms with van der Waals surface area (Å²) in [4.78, 5) is 30.0. The van der Waals surface area contributed by atoms with Crippen molar-refractivity contribution in [3.8, 4) is 16.5 Å². The Labute approximate surface area is 184 Å². The maximum atomic E-state index is 12.7. The number of benzene rings is 2. The number of aromatic nitrogens is 2. The molecule has 0 spiro atoms. The maximum absolute atomic E-state index is 12.7. The first-order valence-corrected chi connectivity index (χ1v) is 10.2. The summed E-state index contributed by atoms with van der Waals surface area (Å²) >= 11 is 6.32. The maximum Gasteiger partial charge on any atom is 0.329 e. The quantitative estimate of drug-likeness (QED) is 0.516. The molecule has 5 nitrogen and oxygen atoms in total. The monoisotopic (exact) mass is 514 g/mol. The lowest BCUT2D eigenvalue weighted by Crippen LogP contribution is -2.34. The Morgan fingerprint density at radius 1 is 1.10 bits per heavy atom. The first-order chi connectivity index (χ1) is 14.0. The number of ether oxygens (including phenoxy) is 1. The molecule has 29 heavy (non-hydrogen) atoms. The Balaban J connectivity index is 2.22. The molecule has 0 aliphatic rings. The number of nitrogens with one attached hydrogen (secondary N) is 1. The van der Waals surface area contributed by atoms with Crippen LogP contribution in [-0.4, -0.2) is 16.7 Å². The first-order valence-electron chi connectivity index (χ1n) is 8.56. The van der Waals surface area contributed by atoms with Gasteiger partial charge in [0.05, 0.1) is 23.2 Å². The van der Waals surface area contributed by atoms with Crippen molar-refractivity contribution in [2.45, 2.75) is 6.04 Å². The molecule has 0 radical (unpaired) electrons. The number of halogens is 2. The van der Waals surface area contributed by atoms with Gasteiger partial charge in [0, 0.05) is 22.1 Å². The molecule has 1 N–H and O–H groups in total. The fourth-order valence-corrected chi connectivity index (χ4v) is 3.77. The highest BCUT2D eigenvalue weighted by Gasteiger charge is 2.19. The van der Waals surface area contributed by atoms with Gasteiger partial charge in [-0.15, -0.1) is 0 Å². The summed E-state index contributed by atoms with van der Waals surface area (Å²) in [6.07, 6.45) is 3.11. The van der Waals surface area contributed by atoms with E-state index in [-0.39, 0.29) is 0 Å². The van der Waals surface area contributed by atoms with Gasteiger partial charge in [-0.25, -0.2) is 4.79 Å². The zero-order valence-corrected chi connectivity index (χ0v) is 18.5. The Hall–Kier alpha value is -2.82. The molecule has 1 unspecified atom stereocenters. The lowest BCUT2D eigenvalue weighted by Gasteiger charge is -2.21. The third-order valence-corrected chi connectivity index (χ3v) is 4.89. The van der Waals surface area contributed by atoms with E-state index in [4.69, 9.17) is 4.74 Å². The molecule has 0 amide bonds. The minimum atomic E-state index is -0.500. The molecule has 3 aromatic rings. The van der Waals surface area contributed by atoms with Crippen LogP contribution in [0.5, 0.6) is 5.75 Å². The summed E-state index contributed by atoms with van der Waals surface area (Å²) in [5, 5.41) is 0. The van der Waals surface area contributed by atoms with E-state index in [0.29, 0.717) is 10.0 Å². The number of aromatic amines is 1. The summed E-state index contributed by atoms with van der Waals surface area (Å²) in [6, 6.07) is 16.6. The number of methoxy groups -OCH3 is 1. The van der Waals surface area contributed by atoms with Crippen LogP contribution in [-0.2, 0) is 0 Å². The Kier molecular flexibility index (Phi) is 6.91. The van der Waals surface area contributed by atoms with Crippen molar-refractivity contribution in [2.75, 3.05) is 7.11 Å². The van der Waals surface area contributed by atoms with Crippen LogP contribution in [0.1, 0.15) is 22.7 Å². The highest BCUT2D eigenvalue weighted by molar-refractivity contribution is 9.12. The van der Waals surface area contributed by atoms with Crippen molar-refractivity contribution >= 4 is 37.9 Å². The smallest absolute Gasteiger partial charge is 0.329 e. The summed E-state index contributed by atoms with van der Waals surface area (Å²) in [7, 11) is 1.60. The Morgan fingerprint density at radius 3 is 2.38 bits per heavy atom. The number of hydrogen-bond acceptors (Lipinski definition) is 3. The minimum Gasteiger partial charge on any atom is -0.497 e. The number of hydrogen-bond donors (Lipinski definition) is 1. The van der Waals surface area contributed by atoms with Gasteiger partial charge in [-0.2, -0.15) is 0 Å². The first kappa shape index (κ1) is 20.9. The second-order valence-corrected chi connectivity index (χ2v) is 7.30. The van der Waals surface area contributed by atoms with Gasteiger partial charge >= 0.3 is 5.69 Å². The van der Waals surface area contributed by atoms with E-state index in [1.807, 2.05) is 54.6 Å². The number of rotatable bonds is 5. The minimum absolute atomic E-state index is 0.307. The molecule has 0 aliphatic carbocycles. The SMILES string of the molecule is COc1ccc(C(c2ccccc2)n2cc(/C=C(\Br)C#CBr)c(=O)[nH]c2=O)cc1. The molecule has 1 heterocycles. The molecule has 3 rings (SSSR count). The van der Waals surface area contributed by atoms with E-state index < -0.39 is 17.3 Å². The Morgan fingerprint density at radius 2 is 1.76 bits per heavy atom. The van der Waals surface area contributed by atoms with E-state index in [1.54, 1.807) is 19.4 Å². The molecule has 0 saturated carbocycles. The lowest BCUT2D eigenvalue weighted by molar-refractivity contribution is 0.414. The third-order valence-electron chi connectivity index (χ3n) is 4.27. The van der Waals surface area contributed by atoms with Crippen LogP contribution in [0.2, 0.25) is 0 Å². The zero-order valence-electron chi connectivity index (χ0n) is 15.4. The molecule has 1 aromatic heterocycles. The normalized spacial score (nSPS) is 12.0. The van der Waals surface area contributed by atoms with Gasteiger partial charge in [-0.1, -0.05) is 42.5 Å². The average molecular weight is 516 g/mol. The van der Waals surface area contributed by atoms with Gasteiger partial charge in [-0.3, -0.25) is 14.3 Å². The molecule has 2 aromatic carbocycles. The average Bonchev–Trinajstić information content (AvgIpc) is 2.73. The van der Waals surface area contributed by atoms with Crippen LogP contribution < -0.4 is 16.0 Å². The van der Waals surface area contributed by atoms with Gasteiger partial charge < -0.3 is 4.74 Å². The van der Waals surface area contributed by atoms with Gasteiger partial charge in [0.15, 0.2) is 0 Å². The standard InChI is InChI=1S/C22H16Br2N2O3/c1-29-19-9-7-16(8-10-19)20(15-5-3-2-4-6-15)26-14-17(13-18(24)11-12-23)21(27)25-22(26)28/h2-10,13-14,20H,1H3,(H,25,27,28)/b18-13-. The molecular formula is C22H16Br2N2O3. The van der Waals surface area contributed by atoms with Crippen LogP contribution in [0.15, 0.2) is 74.9 Å². The number of nitrogens with zero attached hydrogens (tertiary/aromatic N) is 1. The summed E-state index contributed by atoms with van der Waals surface area (Å²) < 4.78 is 7.25. The molecule has 146 valence electrons. The molecule has 0 saturated heterocycles.